The SMILES string of the molecule is CCNC(=NCc1nnc(C)n1C)NCCCSc1ccc(F)cc1.I. The predicted molar refractivity (Wildman–Crippen MR) is 116 cm³/mol. The first-order chi connectivity index (χ1) is 12.1. The summed E-state index contributed by atoms with van der Waals surface area (Å²) >= 11 is 1.72. The zero-order chi connectivity index (χ0) is 18.1. The summed E-state index contributed by atoms with van der Waals surface area (Å²) < 4.78 is 14.8. The lowest BCUT2D eigenvalue weighted by molar-refractivity contribution is 0.626. The van der Waals surface area contributed by atoms with Crippen molar-refractivity contribution in [3.8, 4) is 0 Å². The Morgan fingerprint density at radius 3 is 2.58 bits per heavy atom. The van der Waals surface area contributed by atoms with Crippen molar-refractivity contribution in [2.24, 2.45) is 12.0 Å². The van der Waals surface area contributed by atoms with E-state index in [1.165, 1.54) is 12.1 Å². The monoisotopic (exact) mass is 492 g/mol. The average Bonchev–Trinajstić information content (AvgIpc) is 2.93. The van der Waals surface area contributed by atoms with E-state index in [9.17, 15) is 4.39 Å². The lowest BCUT2D eigenvalue weighted by Crippen LogP contribution is -2.38. The van der Waals surface area contributed by atoms with Gasteiger partial charge in [-0.25, -0.2) is 9.38 Å². The van der Waals surface area contributed by atoms with Crippen LogP contribution in [0.5, 0.6) is 0 Å². The fourth-order valence-electron chi connectivity index (χ4n) is 2.08. The van der Waals surface area contributed by atoms with E-state index in [2.05, 4.69) is 25.8 Å². The summed E-state index contributed by atoms with van der Waals surface area (Å²) in [6.45, 7) is 6.05. The van der Waals surface area contributed by atoms with Crippen LogP contribution in [0.1, 0.15) is 25.0 Å². The molecule has 2 rings (SSSR count). The molecule has 0 aliphatic carbocycles. The average molecular weight is 492 g/mol. The zero-order valence-corrected chi connectivity index (χ0v) is 18.5. The van der Waals surface area contributed by atoms with Crippen molar-refractivity contribution in [1.29, 1.82) is 0 Å². The molecule has 0 radical (unpaired) electrons. The molecule has 144 valence electrons. The van der Waals surface area contributed by atoms with Gasteiger partial charge in [0, 0.05) is 25.0 Å². The molecule has 0 spiro atoms. The number of benzene rings is 1. The van der Waals surface area contributed by atoms with Crippen LogP contribution >= 0.6 is 35.7 Å². The molecule has 0 fully saturated rings. The normalized spacial score (nSPS) is 11.2. The Balaban J connectivity index is 0.00000338. The standard InChI is InChI=1S/C17H25FN6S.HI/c1-4-19-17(21-12-16-23-22-13(2)24(16)3)20-10-5-11-25-15-8-6-14(18)7-9-15;/h6-9H,4-5,10-12H2,1-3H3,(H2,19,20,21);1H. The number of rotatable bonds is 8. The van der Waals surface area contributed by atoms with Gasteiger partial charge in [-0.3, -0.25) is 0 Å². The Kier molecular flexibility index (Phi) is 10.6. The summed E-state index contributed by atoms with van der Waals surface area (Å²) in [6, 6.07) is 6.60. The van der Waals surface area contributed by atoms with Crippen LogP contribution < -0.4 is 10.6 Å². The number of nitrogens with zero attached hydrogens (tertiary/aromatic N) is 4. The number of thioether (sulfide) groups is 1. The van der Waals surface area contributed by atoms with Gasteiger partial charge in [-0.05, 0) is 50.3 Å². The van der Waals surface area contributed by atoms with Gasteiger partial charge < -0.3 is 15.2 Å². The molecular weight excluding hydrogens is 466 g/mol. The maximum Gasteiger partial charge on any atom is 0.191 e. The van der Waals surface area contributed by atoms with Crippen LogP contribution in [0.4, 0.5) is 4.39 Å². The molecule has 1 aromatic carbocycles. The highest BCUT2D eigenvalue weighted by Gasteiger charge is 2.04. The van der Waals surface area contributed by atoms with E-state index >= 15 is 0 Å². The third-order valence-corrected chi connectivity index (χ3v) is 4.70. The van der Waals surface area contributed by atoms with Gasteiger partial charge in [0.05, 0.1) is 0 Å². The molecule has 0 aliphatic rings. The maximum atomic E-state index is 12.9. The van der Waals surface area contributed by atoms with Crippen LogP contribution in [0.3, 0.4) is 0 Å². The Morgan fingerprint density at radius 1 is 1.23 bits per heavy atom. The first-order valence-electron chi connectivity index (χ1n) is 8.35. The fourth-order valence-corrected chi connectivity index (χ4v) is 2.93. The van der Waals surface area contributed by atoms with E-state index in [1.807, 2.05) is 37.6 Å². The molecule has 1 aromatic heterocycles. The molecule has 2 aromatic rings. The number of aromatic nitrogens is 3. The number of aliphatic imine (C=N–C) groups is 1. The van der Waals surface area contributed by atoms with Crippen molar-refractivity contribution < 1.29 is 4.39 Å². The second-order valence-electron chi connectivity index (χ2n) is 5.50. The molecular formula is C17H26FIN6S. The third-order valence-electron chi connectivity index (χ3n) is 3.60. The summed E-state index contributed by atoms with van der Waals surface area (Å²) in [7, 11) is 1.94. The van der Waals surface area contributed by atoms with Crippen molar-refractivity contribution in [1.82, 2.24) is 25.4 Å². The molecule has 0 unspecified atom stereocenters. The van der Waals surface area contributed by atoms with E-state index < -0.39 is 0 Å². The van der Waals surface area contributed by atoms with Crippen LogP contribution in [-0.2, 0) is 13.6 Å². The van der Waals surface area contributed by atoms with E-state index in [0.717, 1.165) is 47.8 Å². The van der Waals surface area contributed by atoms with Gasteiger partial charge in [-0.15, -0.1) is 45.9 Å². The number of nitrogens with one attached hydrogen (secondary N) is 2. The van der Waals surface area contributed by atoms with Gasteiger partial charge in [0.25, 0.3) is 0 Å². The molecule has 26 heavy (non-hydrogen) atoms. The quantitative estimate of drug-likeness (QED) is 0.195. The smallest absolute Gasteiger partial charge is 0.191 e. The highest BCUT2D eigenvalue weighted by molar-refractivity contribution is 14.0. The molecule has 0 bridgehead atoms. The topological polar surface area (TPSA) is 67.1 Å². The highest BCUT2D eigenvalue weighted by Crippen LogP contribution is 2.18. The minimum atomic E-state index is -0.199. The Hall–Kier alpha value is -1.36. The molecule has 0 saturated carbocycles. The molecule has 6 nitrogen and oxygen atoms in total. The number of halogens is 2. The third kappa shape index (κ3) is 7.48. The lowest BCUT2D eigenvalue weighted by Gasteiger charge is -2.11. The summed E-state index contributed by atoms with van der Waals surface area (Å²) in [5, 5.41) is 14.7. The minimum Gasteiger partial charge on any atom is -0.357 e. The van der Waals surface area contributed by atoms with Crippen molar-refractivity contribution in [3.63, 3.8) is 0 Å². The molecule has 1 heterocycles. The van der Waals surface area contributed by atoms with Crippen LogP contribution in [0.25, 0.3) is 0 Å². The Bertz CT molecular complexity index is 689. The van der Waals surface area contributed by atoms with Crippen LogP contribution in [-0.4, -0.2) is 39.6 Å². The fraction of sp³-hybridized carbons (Fsp3) is 0.471. The van der Waals surface area contributed by atoms with Crippen molar-refractivity contribution in [2.45, 2.75) is 31.7 Å². The van der Waals surface area contributed by atoms with Gasteiger partial charge in [0.15, 0.2) is 11.8 Å². The highest BCUT2D eigenvalue weighted by atomic mass is 127. The van der Waals surface area contributed by atoms with E-state index in [-0.39, 0.29) is 29.8 Å². The summed E-state index contributed by atoms with van der Waals surface area (Å²) in [5.74, 6) is 3.24. The zero-order valence-electron chi connectivity index (χ0n) is 15.3. The van der Waals surface area contributed by atoms with Crippen LogP contribution in [0.2, 0.25) is 0 Å². The van der Waals surface area contributed by atoms with E-state index in [1.54, 1.807) is 11.8 Å². The molecule has 0 atom stereocenters. The maximum absolute atomic E-state index is 12.9. The van der Waals surface area contributed by atoms with Gasteiger partial charge in [-0.2, -0.15) is 0 Å². The Morgan fingerprint density at radius 2 is 1.96 bits per heavy atom. The van der Waals surface area contributed by atoms with Gasteiger partial charge >= 0.3 is 0 Å². The number of hydrogen-bond donors (Lipinski definition) is 2. The molecule has 0 aliphatic heterocycles. The van der Waals surface area contributed by atoms with Crippen LogP contribution in [0.15, 0.2) is 34.2 Å². The second kappa shape index (κ2) is 12.1. The number of aryl methyl sites for hydroxylation is 1. The van der Waals surface area contributed by atoms with Crippen LogP contribution in [0, 0.1) is 12.7 Å². The predicted octanol–water partition coefficient (Wildman–Crippen LogP) is 3.12. The summed E-state index contributed by atoms with van der Waals surface area (Å²) in [5.41, 5.74) is 0. The second-order valence-corrected chi connectivity index (χ2v) is 6.67. The van der Waals surface area contributed by atoms with Crippen molar-refractivity contribution >= 4 is 41.7 Å². The Labute approximate surface area is 175 Å². The lowest BCUT2D eigenvalue weighted by atomic mass is 10.4. The molecule has 9 heteroatoms. The van der Waals surface area contributed by atoms with E-state index in [0.29, 0.717) is 6.54 Å². The first kappa shape index (κ1) is 22.7. The largest absolute Gasteiger partial charge is 0.357 e. The van der Waals surface area contributed by atoms with Gasteiger partial charge in [0.1, 0.15) is 18.2 Å². The molecule has 0 amide bonds. The summed E-state index contributed by atoms with van der Waals surface area (Å²) in [4.78, 5) is 5.63. The number of hydrogen-bond acceptors (Lipinski definition) is 4. The van der Waals surface area contributed by atoms with Crippen molar-refractivity contribution in [2.75, 3.05) is 18.8 Å². The molecule has 2 N–H and O–H groups in total. The minimum absolute atomic E-state index is 0. The van der Waals surface area contributed by atoms with Crippen molar-refractivity contribution in [3.05, 3.63) is 41.7 Å². The molecule has 0 saturated heterocycles. The number of guanidine groups is 1. The first-order valence-corrected chi connectivity index (χ1v) is 9.34. The van der Waals surface area contributed by atoms with Gasteiger partial charge in [0.2, 0.25) is 0 Å². The summed E-state index contributed by atoms with van der Waals surface area (Å²) in [6.07, 6.45) is 0.982. The van der Waals surface area contributed by atoms with Gasteiger partial charge in [-0.1, -0.05) is 0 Å². The van der Waals surface area contributed by atoms with E-state index in [4.69, 9.17) is 0 Å².